The Morgan fingerprint density at radius 1 is 0.188 bits per heavy atom. The number of hydrogen-bond donors (Lipinski definition) is 0. The van der Waals surface area contributed by atoms with Gasteiger partial charge in [0.1, 0.15) is 0 Å². The Kier molecular flexibility index (Phi) is 9.75. The van der Waals surface area contributed by atoms with Gasteiger partial charge in [0.25, 0.3) is 0 Å². The summed E-state index contributed by atoms with van der Waals surface area (Å²) < 4.78 is 487. The molecule has 3 aliphatic rings. The fourth-order valence-electron chi connectivity index (χ4n) is 7.82. The van der Waals surface area contributed by atoms with Gasteiger partial charge in [-0.15, -0.1) is 0 Å². The van der Waals surface area contributed by atoms with Crippen LogP contribution in [-0.4, -0.2) is 49.7 Å². The lowest BCUT2D eigenvalue weighted by atomic mass is 9.78. The van der Waals surface area contributed by atoms with Crippen LogP contribution in [0.2, 0.25) is 0 Å². The van der Waals surface area contributed by atoms with Gasteiger partial charge in [-0.05, 0) is 0 Å². The zero-order chi connectivity index (χ0) is 50.0. The summed E-state index contributed by atoms with van der Waals surface area (Å²) in [5.41, 5.74) is -31.2. The van der Waals surface area contributed by atoms with Gasteiger partial charge >= 0.3 is 67.5 Å². The van der Waals surface area contributed by atoms with E-state index in [1.165, 1.54) is 0 Å². The molecule has 3 aliphatic carbocycles. The number of halogens is 33. The minimum atomic E-state index is -11.4. The van der Waals surface area contributed by atoms with Crippen molar-refractivity contribution in [1.29, 1.82) is 0 Å². The first-order valence-electron chi connectivity index (χ1n) is 15.4. The van der Waals surface area contributed by atoms with E-state index in [-0.39, 0.29) is 0 Å². The summed E-state index contributed by atoms with van der Waals surface area (Å²) in [5.74, 6) is -134. The second kappa shape index (κ2) is 12.6. The highest BCUT2D eigenvalue weighted by molar-refractivity contribution is 6.68. The number of alkyl halides is 21. The molecule has 0 amide bonds. The quantitative estimate of drug-likeness (QED) is 0.106. The zero-order valence-corrected chi connectivity index (χ0v) is 29.2. The maximum Gasteiger partial charge on any atom is 0.478 e. The third-order valence-electron chi connectivity index (χ3n) is 10.8. The molecule has 0 N–H and O–H groups in total. The second-order valence-corrected chi connectivity index (χ2v) is 17.0. The molecule has 0 saturated heterocycles. The van der Waals surface area contributed by atoms with E-state index < -0.39 is 184 Å². The second-order valence-electron chi connectivity index (χ2n) is 13.8. The summed E-state index contributed by atoms with van der Waals surface area (Å²) in [7, 11) is 0. The summed E-state index contributed by atoms with van der Waals surface area (Å²) in [6, 6.07) is 0. The highest BCUT2D eigenvalue weighted by Crippen LogP contribution is 2.77. The van der Waals surface area contributed by atoms with Gasteiger partial charge in [0.2, 0.25) is 0 Å². The number of hydrogen-bond acceptors (Lipinski definition) is 0. The van der Waals surface area contributed by atoms with Crippen molar-refractivity contribution in [3.8, 4) is 0 Å². The monoisotopic (exact) mass is 1010 g/mol. The average molecular weight is 1010 g/mol. The van der Waals surface area contributed by atoms with E-state index in [4.69, 9.17) is 0 Å². The van der Waals surface area contributed by atoms with E-state index in [0.717, 1.165) is 0 Å². The molecule has 0 nitrogen and oxygen atoms in total. The third-order valence-corrected chi connectivity index (χ3v) is 15.1. The maximum atomic E-state index is 18.1. The molecule has 3 unspecified atom stereocenters. The Bertz CT molecular complexity index is 2320. The molecular weight excluding hydrogens is 1010 g/mol. The van der Waals surface area contributed by atoms with E-state index in [1.807, 2.05) is 0 Å². The van der Waals surface area contributed by atoms with Crippen LogP contribution >= 0.6 is 0 Å². The maximum absolute atomic E-state index is 18.1. The topological polar surface area (TPSA) is 0 Å². The Morgan fingerprint density at radius 2 is 0.328 bits per heavy atom. The summed E-state index contributed by atoms with van der Waals surface area (Å²) in [5, 5.41) is 0. The van der Waals surface area contributed by atoms with Gasteiger partial charge in [0.15, 0.2) is 83.4 Å². The van der Waals surface area contributed by atoms with Gasteiger partial charge in [-0.25, -0.2) is 65.9 Å². The fraction of sp³-hybridized carbons (Fsp3) is 0.400. The molecule has 64 heavy (non-hydrogen) atoms. The van der Waals surface area contributed by atoms with Gasteiger partial charge in [0.05, 0.1) is 16.7 Å². The van der Waals surface area contributed by atoms with Gasteiger partial charge < -0.3 is 0 Å². The Hall–Kier alpha value is -4.12. The largest absolute Gasteiger partial charge is 0.478 e. The highest BCUT2D eigenvalue weighted by atomic mass is 27.2. The van der Waals surface area contributed by atoms with Crippen LogP contribution in [0.15, 0.2) is 0 Å². The van der Waals surface area contributed by atoms with E-state index in [1.54, 1.807) is 0 Å². The molecule has 0 aliphatic heterocycles. The van der Waals surface area contributed by atoms with Crippen LogP contribution < -0.4 is 0 Å². The van der Waals surface area contributed by atoms with Crippen LogP contribution in [0, 0.1) is 69.8 Å². The predicted molar refractivity (Wildman–Crippen MR) is 134 cm³/mol. The molecule has 0 radical (unpaired) electrons. The molecule has 0 fully saturated rings. The van der Waals surface area contributed by atoms with Gasteiger partial charge in [-0.1, -0.05) is 0 Å². The highest BCUT2D eigenvalue weighted by Gasteiger charge is 3.02. The molecule has 0 aromatic heterocycles. The number of benzene rings is 3. The lowest BCUT2D eigenvalue weighted by Crippen LogP contribution is -2.85. The average Bonchev–Trinajstić information content (AvgIpc) is 3.16. The predicted octanol–water partition coefficient (Wildman–Crippen LogP) is 12.5. The van der Waals surface area contributed by atoms with Gasteiger partial charge in [-0.3, -0.25) is 0 Å². The molecule has 0 spiro atoms. The summed E-state index contributed by atoms with van der Waals surface area (Å²) in [6.07, 6.45) is 0. The van der Waals surface area contributed by atoms with E-state index >= 15 is 119 Å². The van der Waals surface area contributed by atoms with Crippen LogP contribution in [-0.2, 0) is 31.4 Å². The van der Waals surface area contributed by atoms with Crippen molar-refractivity contribution >= 4 is 14.1 Å². The molecule has 3 aromatic rings. The Labute approximate surface area is 329 Å². The van der Waals surface area contributed by atoms with Crippen LogP contribution in [0.4, 0.5) is 145 Å². The third kappa shape index (κ3) is 4.55. The van der Waals surface area contributed by atoms with Gasteiger partial charge in [0, 0.05) is 16.7 Å². The smallest absolute Gasteiger partial charge is 0.249 e. The number of rotatable bonds is 3. The Balaban J connectivity index is 2.16. The Morgan fingerprint density at radius 3 is 0.484 bits per heavy atom. The van der Waals surface area contributed by atoms with Crippen LogP contribution in [0.3, 0.4) is 0 Å². The first kappa shape index (κ1) is 49.3. The van der Waals surface area contributed by atoms with E-state index in [9.17, 15) is 26.3 Å². The zero-order valence-electron chi connectivity index (χ0n) is 28.1. The lowest BCUT2D eigenvalue weighted by Gasteiger charge is -2.59. The van der Waals surface area contributed by atoms with Crippen LogP contribution in [0.1, 0.15) is 33.4 Å². The number of fused-ring (bicyclic) bond motifs is 3. The molecule has 3 aromatic carbocycles. The minimum Gasteiger partial charge on any atom is -0.249 e. The molecule has 6 rings (SSSR count). The molecule has 34 heteroatoms. The SMILES string of the molecule is Fc1c(F)c(F)c2c(c1F)C(F)(F)C(F)(F)C(F)(F)[C]2(F)[Al]([C]1(F)c2c(F)c(F)c(F)c(F)c2C(F)(F)C(F)(F)C1(F)F)[C]1(F)c2c(F)c(F)c(F)c(F)c2C(F)(F)C(F)(F)C1(F)F. The molecule has 0 saturated carbocycles. The van der Waals surface area contributed by atoms with Crippen LogP contribution in [0.25, 0.3) is 0 Å². The van der Waals surface area contributed by atoms with E-state index in [0.29, 0.717) is 0 Å². The minimum absolute atomic E-state index is 4.27. The molecule has 0 bridgehead atoms. The lowest BCUT2D eigenvalue weighted by molar-refractivity contribution is -0.371. The van der Waals surface area contributed by atoms with Gasteiger partial charge in [-0.2, -0.15) is 79.0 Å². The van der Waals surface area contributed by atoms with Crippen LogP contribution in [0.5, 0.6) is 0 Å². The summed E-state index contributed by atoms with van der Waals surface area (Å²) in [6.45, 7) is 0. The summed E-state index contributed by atoms with van der Waals surface area (Å²) in [4.78, 5) is 0. The molecular formula is C30AlF33. The molecule has 0 heterocycles. The standard InChI is InChI=1S/3C10F11.Al/c3*11-3-1-2(4(12)6(14)5(3)13)8(16,17)10(20,21)9(18,19)7(1)15;. The first-order chi connectivity index (χ1) is 28.3. The van der Waals surface area contributed by atoms with Crippen molar-refractivity contribution in [1.82, 2.24) is 0 Å². The van der Waals surface area contributed by atoms with Crippen molar-refractivity contribution in [3.05, 3.63) is 103 Å². The summed E-state index contributed by atoms with van der Waals surface area (Å²) >= 11 is -11.4. The van der Waals surface area contributed by atoms with E-state index in [2.05, 4.69) is 0 Å². The van der Waals surface area contributed by atoms with Crippen molar-refractivity contribution in [2.75, 3.05) is 0 Å². The first-order valence-corrected chi connectivity index (χ1v) is 17.1. The normalized spacial score (nSPS) is 29.4. The fourth-order valence-corrected chi connectivity index (χ4v) is 12.8. The van der Waals surface area contributed by atoms with Crippen molar-refractivity contribution < 1.29 is 145 Å². The van der Waals surface area contributed by atoms with Crippen molar-refractivity contribution in [3.63, 3.8) is 0 Å². The molecule has 3 atom stereocenters. The van der Waals surface area contributed by atoms with Crippen molar-refractivity contribution in [2.24, 2.45) is 0 Å². The molecule has 354 valence electrons. The van der Waals surface area contributed by atoms with Crippen molar-refractivity contribution in [2.45, 2.75) is 66.9 Å².